The molecule has 0 amide bonds. The number of hydrogen-bond acceptors (Lipinski definition) is 1. The van der Waals surface area contributed by atoms with Crippen molar-refractivity contribution in [2.75, 3.05) is 0 Å². The van der Waals surface area contributed by atoms with Gasteiger partial charge in [-0.25, -0.2) is 22.0 Å². The summed E-state index contributed by atoms with van der Waals surface area (Å²) in [5, 5.41) is -2.27. The van der Waals surface area contributed by atoms with Gasteiger partial charge in [0.15, 0.2) is 34.8 Å². The number of unbranched alkanes of at least 4 members (excludes halogenated alkanes) is 9. The summed E-state index contributed by atoms with van der Waals surface area (Å²) >= 11 is 0. The maximum Gasteiger partial charge on any atom is 0.254 e. The van der Waals surface area contributed by atoms with Crippen LogP contribution in [0.5, 0.6) is 5.75 Å². The number of rotatable bonds is 24. The van der Waals surface area contributed by atoms with Gasteiger partial charge < -0.3 is 4.43 Å². The molecular weight excluding hydrogens is 631 g/mol. The Labute approximate surface area is 277 Å². The molecule has 0 aliphatic carbocycles. The van der Waals surface area contributed by atoms with E-state index in [2.05, 4.69) is 27.7 Å². The molecule has 46 heavy (non-hydrogen) atoms. The van der Waals surface area contributed by atoms with Crippen LogP contribution in [-0.2, 0) is 0 Å². The Morgan fingerprint density at radius 3 is 1.46 bits per heavy atom. The summed E-state index contributed by atoms with van der Waals surface area (Å²) in [5.41, 5.74) is -0.0467. The molecule has 0 saturated carbocycles. The Hall–Kier alpha value is -1.49. The zero-order valence-electron chi connectivity index (χ0n) is 29.4. The molecule has 1 unspecified atom stereocenters. The summed E-state index contributed by atoms with van der Waals surface area (Å²) in [4.78, 5) is 0. The lowest BCUT2D eigenvalue weighted by atomic mass is 10.1. The van der Waals surface area contributed by atoms with Gasteiger partial charge in [-0.1, -0.05) is 156 Å². The minimum Gasteiger partial charge on any atom is -0.539 e. The van der Waals surface area contributed by atoms with Crippen LogP contribution < -0.4 is 4.43 Å². The summed E-state index contributed by atoms with van der Waals surface area (Å²) in [5.74, 6) is -11.7. The highest BCUT2D eigenvalue weighted by Gasteiger charge is 2.42. The van der Waals surface area contributed by atoms with E-state index in [1.807, 2.05) is 13.8 Å². The predicted molar refractivity (Wildman–Crippen MR) is 186 cm³/mol. The first kappa shape index (κ1) is 40.7. The lowest BCUT2D eigenvalue weighted by Gasteiger charge is -2.36. The van der Waals surface area contributed by atoms with Crippen molar-refractivity contribution in [2.45, 2.75) is 173 Å². The Balaban J connectivity index is 2.30. The Morgan fingerprint density at radius 1 is 0.522 bits per heavy atom. The molecule has 0 aromatic heterocycles. The van der Waals surface area contributed by atoms with Gasteiger partial charge >= 0.3 is 0 Å². The van der Waals surface area contributed by atoms with E-state index in [1.54, 1.807) is 6.07 Å². The molecule has 0 saturated heterocycles. The van der Waals surface area contributed by atoms with Crippen LogP contribution in [-0.4, -0.2) is 16.4 Å². The van der Waals surface area contributed by atoms with Gasteiger partial charge in [-0.2, -0.15) is 4.39 Å². The molecule has 0 spiro atoms. The molecule has 0 fully saturated rings. The van der Waals surface area contributed by atoms with Gasteiger partial charge in [0.25, 0.3) is 8.32 Å². The number of benzene rings is 2. The van der Waals surface area contributed by atoms with E-state index in [0.29, 0.717) is 12.1 Å². The summed E-state index contributed by atoms with van der Waals surface area (Å²) in [6.07, 6.45) is 15.4. The van der Waals surface area contributed by atoms with E-state index in [1.165, 1.54) is 62.7 Å². The molecule has 263 valence electrons. The molecule has 1 radical (unpaired) electrons. The topological polar surface area (TPSA) is 9.23 Å². The Morgan fingerprint density at radius 2 is 0.978 bits per heavy atom. The first-order valence-corrected chi connectivity index (χ1v) is 23.4. The molecule has 2 aromatic rings. The summed E-state index contributed by atoms with van der Waals surface area (Å²) in [6, 6.07) is 8.56. The van der Waals surface area contributed by atoms with Gasteiger partial charge in [0.1, 0.15) is 0 Å². The summed E-state index contributed by atoms with van der Waals surface area (Å²) < 4.78 is 95.0. The monoisotopic (exact) mass is 689 g/mol. The lowest BCUT2D eigenvalue weighted by molar-refractivity contribution is 0.403. The van der Waals surface area contributed by atoms with Crippen LogP contribution in [0.2, 0.25) is 41.8 Å². The maximum atomic E-state index is 15.8. The first-order chi connectivity index (χ1) is 21.9. The van der Waals surface area contributed by atoms with Gasteiger partial charge in [0, 0.05) is 11.5 Å². The van der Waals surface area contributed by atoms with Crippen molar-refractivity contribution in [2.24, 2.45) is 0 Å². The summed E-state index contributed by atoms with van der Waals surface area (Å²) in [7, 11) is -4.21. The molecule has 0 aliphatic rings. The zero-order chi connectivity index (χ0) is 34.3. The fourth-order valence-corrected chi connectivity index (χ4v) is 17.4. The maximum absolute atomic E-state index is 15.8. The third-order valence-electron chi connectivity index (χ3n) is 10.1. The van der Waals surface area contributed by atoms with Gasteiger partial charge in [0.2, 0.25) is 5.82 Å². The lowest BCUT2D eigenvalue weighted by Crippen LogP contribution is -2.45. The van der Waals surface area contributed by atoms with Crippen molar-refractivity contribution in [3.8, 4) is 5.75 Å². The smallest absolute Gasteiger partial charge is 0.254 e. The van der Waals surface area contributed by atoms with Gasteiger partial charge in [-0.3, -0.25) is 0 Å². The average Bonchev–Trinajstić information content (AvgIpc) is 3.01. The largest absolute Gasteiger partial charge is 0.539 e. The molecular formula is C37H59F6OSi2. The number of hydrogen-bond donors (Lipinski definition) is 0. The third-order valence-corrected chi connectivity index (χ3v) is 21.3. The van der Waals surface area contributed by atoms with Crippen LogP contribution in [0.3, 0.4) is 0 Å². The predicted octanol–water partition coefficient (Wildman–Crippen LogP) is 14.2. The minimum absolute atomic E-state index is 0.0467. The van der Waals surface area contributed by atoms with E-state index >= 15 is 13.2 Å². The van der Waals surface area contributed by atoms with Crippen molar-refractivity contribution >= 4 is 27.2 Å². The van der Waals surface area contributed by atoms with Crippen LogP contribution >= 0.6 is 0 Å². The van der Waals surface area contributed by atoms with Crippen LogP contribution in [0.4, 0.5) is 26.3 Å². The SMILES string of the molecule is CCCCCCCCC[Si](CCCCCC[Si](CCC)(CCC)CCC)(Oc1c(F)c(F)c2c(F)c(F)c(F)[c]c2c1F)C(C)C. The Kier molecular flexibility index (Phi) is 17.8. The normalized spacial score (nSPS) is 13.6. The molecule has 0 N–H and O–H groups in total. The third kappa shape index (κ3) is 10.8. The Bertz CT molecular complexity index is 1190. The van der Waals surface area contributed by atoms with E-state index < -0.39 is 67.8 Å². The fraction of sp³-hybridized carbons (Fsp3) is 0.730. The molecule has 2 aromatic carbocycles. The zero-order valence-corrected chi connectivity index (χ0v) is 31.4. The van der Waals surface area contributed by atoms with E-state index in [9.17, 15) is 13.2 Å². The highest BCUT2D eigenvalue weighted by molar-refractivity contribution is 6.79. The van der Waals surface area contributed by atoms with E-state index in [4.69, 9.17) is 4.43 Å². The van der Waals surface area contributed by atoms with Crippen LogP contribution in [0.1, 0.15) is 131 Å². The quantitative estimate of drug-likeness (QED) is 0.0350. The molecule has 0 bridgehead atoms. The van der Waals surface area contributed by atoms with Gasteiger partial charge in [0.05, 0.1) is 13.5 Å². The van der Waals surface area contributed by atoms with Crippen LogP contribution in [0, 0.1) is 41.0 Å². The molecule has 0 aliphatic heterocycles. The van der Waals surface area contributed by atoms with E-state index in [0.717, 1.165) is 51.4 Å². The van der Waals surface area contributed by atoms with Gasteiger partial charge in [-0.05, 0) is 17.6 Å². The molecule has 1 atom stereocenters. The van der Waals surface area contributed by atoms with Crippen molar-refractivity contribution in [3.63, 3.8) is 0 Å². The molecule has 2 rings (SSSR count). The van der Waals surface area contributed by atoms with E-state index in [-0.39, 0.29) is 5.54 Å². The second-order valence-corrected chi connectivity index (χ2v) is 23.4. The number of halogens is 6. The van der Waals surface area contributed by atoms with Crippen LogP contribution in [0.25, 0.3) is 10.8 Å². The fourth-order valence-electron chi connectivity index (χ4n) is 7.55. The minimum atomic E-state index is -2.95. The van der Waals surface area contributed by atoms with Crippen molar-refractivity contribution in [3.05, 3.63) is 41.0 Å². The molecule has 0 heterocycles. The van der Waals surface area contributed by atoms with Crippen molar-refractivity contribution < 1.29 is 30.8 Å². The second kappa shape index (κ2) is 20.1. The molecule has 9 heteroatoms. The number of fused-ring (bicyclic) bond motifs is 1. The first-order valence-electron chi connectivity index (χ1n) is 18.2. The highest BCUT2D eigenvalue weighted by Crippen LogP contribution is 2.42. The summed E-state index contributed by atoms with van der Waals surface area (Å²) in [6.45, 7) is 13.0. The van der Waals surface area contributed by atoms with Crippen molar-refractivity contribution in [1.29, 1.82) is 0 Å². The molecule has 1 nitrogen and oxygen atoms in total. The average molecular weight is 690 g/mol. The highest BCUT2D eigenvalue weighted by atomic mass is 28.4. The van der Waals surface area contributed by atoms with Gasteiger partial charge in [-0.15, -0.1) is 0 Å². The van der Waals surface area contributed by atoms with Crippen LogP contribution in [0.15, 0.2) is 0 Å². The standard InChI is InChI=1S/C37H59F6OSi2/c1-7-11-12-13-14-15-19-25-46(28(5)6,26-20-17-16-18-24-45(21-8-2,22-9-3)23-10-4)44-37-32(39)29-27-30(38)33(40)34(41)31(29)35(42)36(37)43/h28H,7-26H2,1-6H3. The second-order valence-electron chi connectivity index (χ2n) is 13.9. The van der Waals surface area contributed by atoms with Crippen molar-refractivity contribution in [1.82, 2.24) is 0 Å².